The van der Waals surface area contributed by atoms with Crippen LogP contribution >= 0.6 is 31.9 Å². The Labute approximate surface area is 178 Å². The summed E-state index contributed by atoms with van der Waals surface area (Å²) in [6.07, 6.45) is 2.54. The Morgan fingerprint density at radius 1 is 1.11 bits per heavy atom. The molecule has 1 aliphatic rings. The first-order valence-corrected chi connectivity index (χ1v) is 11.0. The summed E-state index contributed by atoms with van der Waals surface area (Å²) in [6, 6.07) is 16.7. The Balaban J connectivity index is 1.81. The van der Waals surface area contributed by atoms with Gasteiger partial charge in [-0.3, -0.25) is 4.79 Å². The highest BCUT2D eigenvalue weighted by Gasteiger charge is 2.37. The van der Waals surface area contributed by atoms with E-state index in [1.165, 1.54) is 5.56 Å². The summed E-state index contributed by atoms with van der Waals surface area (Å²) in [5.74, 6) is 0.198. The summed E-state index contributed by atoms with van der Waals surface area (Å²) in [5.41, 5.74) is 2.33. The SMILES string of the molecule is CC(c1cc(Br)cc(Br)c1)N(C)C(=O)CC1(c2ccccc2)CCNCC1. The van der Waals surface area contributed by atoms with Crippen LogP contribution in [0, 0.1) is 0 Å². The molecular weight excluding hydrogens is 468 g/mol. The van der Waals surface area contributed by atoms with Crippen LogP contribution < -0.4 is 5.32 Å². The van der Waals surface area contributed by atoms with Gasteiger partial charge < -0.3 is 10.2 Å². The van der Waals surface area contributed by atoms with Crippen molar-refractivity contribution < 1.29 is 4.79 Å². The molecule has 1 atom stereocenters. The normalized spacial score (nSPS) is 17.3. The number of amides is 1. The number of hydrogen-bond acceptors (Lipinski definition) is 2. The maximum atomic E-state index is 13.3. The molecule has 2 aromatic rings. The summed E-state index contributed by atoms with van der Waals surface area (Å²) < 4.78 is 2.03. The average Bonchev–Trinajstić information content (AvgIpc) is 2.67. The highest BCUT2D eigenvalue weighted by molar-refractivity contribution is 9.11. The van der Waals surface area contributed by atoms with Crippen LogP contribution in [-0.2, 0) is 10.2 Å². The second kappa shape index (κ2) is 8.89. The predicted octanol–water partition coefficient (Wildman–Crippen LogP) is 5.44. The van der Waals surface area contributed by atoms with E-state index in [0.717, 1.165) is 40.4 Å². The van der Waals surface area contributed by atoms with Crippen molar-refractivity contribution >= 4 is 37.8 Å². The fourth-order valence-electron chi connectivity index (χ4n) is 3.93. The molecule has 0 aromatic heterocycles. The van der Waals surface area contributed by atoms with Gasteiger partial charge in [-0.15, -0.1) is 0 Å². The van der Waals surface area contributed by atoms with Crippen molar-refractivity contribution in [2.24, 2.45) is 0 Å². The van der Waals surface area contributed by atoms with Crippen molar-refractivity contribution in [2.45, 2.75) is 37.6 Å². The Kier molecular flexibility index (Phi) is 6.77. The van der Waals surface area contributed by atoms with E-state index < -0.39 is 0 Å². The maximum absolute atomic E-state index is 13.3. The largest absolute Gasteiger partial charge is 0.339 e. The van der Waals surface area contributed by atoms with E-state index >= 15 is 0 Å². The van der Waals surface area contributed by atoms with E-state index in [-0.39, 0.29) is 17.4 Å². The lowest BCUT2D eigenvalue weighted by Gasteiger charge is -2.39. The third kappa shape index (κ3) is 4.82. The molecule has 0 bridgehead atoms. The molecule has 1 aliphatic heterocycles. The lowest BCUT2D eigenvalue weighted by atomic mass is 9.70. The van der Waals surface area contributed by atoms with Gasteiger partial charge in [0.15, 0.2) is 0 Å². The van der Waals surface area contributed by atoms with E-state index in [4.69, 9.17) is 0 Å². The van der Waals surface area contributed by atoms with Gasteiger partial charge in [-0.25, -0.2) is 0 Å². The number of hydrogen-bond donors (Lipinski definition) is 1. The van der Waals surface area contributed by atoms with Crippen molar-refractivity contribution in [3.63, 3.8) is 0 Å². The summed E-state index contributed by atoms with van der Waals surface area (Å²) in [7, 11) is 1.92. The number of carbonyl (C=O) groups is 1. The van der Waals surface area contributed by atoms with Gasteiger partial charge in [-0.2, -0.15) is 0 Å². The fraction of sp³-hybridized carbons (Fsp3) is 0.409. The molecular formula is C22H26Br2N2O. The molecule has 144 valence electrons. The van der Waals surface area contributed by atoms with Crippen LogP contribution in [0.3, 0.4) is 0 Å². The Morgan fingerprint density at radius 3 is 2.30 bits per heavy atom. The molecule has 2 aromatic carbocycles. The zero-order valence-electron chi connectivity index (χ0n) is 15.8. The van der Waals surface area contributed by atoms with Crippen molar-refractivity contribution in [3.8, 4) is 0 Å². The molecule has 0 spiro atoms. The van der Waals surface area contributed by atoms with Crippen LogP contribution in [0.4, 0.5) is 0 Å². The van der Waals surface area contributed by atoms with Gasteiger partial charge >= 0.3 is 0 Å². The van der Waals surface area contributed by atoms with Crippen LogP contribution in [0.1, 0.15) is 43.4 Å². The minimum atomic E-state index is -0.0740. The minimum absolute atomic E-state index is 0.0147. The number of nitrogens with zero attached hydrogens (tertiary/aromatic N) is 1. The second-order valence-electron chi connectivity index (χ2n) is 7.46. The lowest BCUT2D eigenvalue weighted by Crippen LogP contribution is -2.44. The first-order valence-electron chi connectivity index (χ1n) is 9.39. The molecule has 1 fully saturated rings. The van der Waals surface area contributed by atoms with Crippen LogP contribution in [-0.4, -0.2) is 30.9 Å². The fourth-order valence-corrected chi connectivity index (χ4v) is 5.26. The summed E-state index contributed by atoms with van der Waals surface area (Å²) >= 11 is 7.09. The number of nitrogens with one attached hydrogen (secondary N) is 1. The zero-order valence-corrected chi connectivity index (χ0v) is 19.0. The predicted molar refractivity (Wildman–Crippen MR) is 118 cm³/mol. The third-order valence-corrected chi connectivity index (χ3v) is 6.69. The van der Waals surface area contributed by atoms with Gasteiger partial charge in [-0.05, 0) is 62.2 Å². The zero-order chi connectivity index (χ0) is 19.4. The molecule has 0 radical (unpaired) electrons. The van der Waals surface area contributed by atoms with Crippen molar-refractivity contribution in [1.29, 1.82) is 0 Å². The van der Waals surface area contributed by atoms with Crippen molar-refractivity contribution in [1.82, 2.24) is 10.2 Å². The van der Waals surface area contributed by atoms with Gasteiger partial charge in [0.1, 0.15) is 0 Å². The minimum Gasteiger partial charge on any atom is -0.339 e. The lowest BCUT2D eigenvalue weighted by molar-refractivity contribution is -0.133. The molecule has 1 unspecified atom stereocenters. The first-order chi connectivity index (χ1) is 12.9. The molecule has 27 heavy (non-hydrogen) atoms. The first kappa shape index (κ1) is 20.6. The Hall–Kier alpha value is -1.17. The molecule has 3 rings (SSSR count). The van der Waals surface area contributed by atoms with Gasteiger partial charge in [0.2, 0.25) is 5.91 Å². The number of halogens is 2. The molecule has 1 heterocycles. The van der Waals surface area contributed by atoms with Gasteiger partial charge in [0.25, 0.3) is 0 Å². The summed E-state index contributed by atoms with van der Waals surface area (Å²) in [4.78, 5) is 15.1. The van der Waals surface area contributed by atoms with Gasteiger partial charge in [-0.1, -0.05) is 62.2 Å². The monoisotopic (exact) mass is 492 g/mol. The smallest absolute Gasteiger partial charge is 0.223 e. The van der Waals surface area contributed by atoms with Gasteiger partial charge in [0, 0.05) is 27.8 Å². The van der Waals surface area contributed by atoms with Crippen LogP contribution in [0.2, 0.25) is 0 Å². The molecule has 1 saturated heterocycles. The van der Waals surface area contributed by atoms with Crippen LogP contribution in [0.5, 0.6) is 0 Å². The van der Waals surface area contributed by atoms with Crippen molar-refractivity contribution in [3.05, 3.63) is 68.6 Å². The number of piperidine rings is 1. The summed E-state index contributed by atoms with van der Waals surface area (Å²) in [6.45, 7) is 4.00. The number of carbonyl (C=O) groups excluding carboxylic acids is 1. The van der Waals surface area contributed by atoms with E-state index in [9.17, 15) is 4.79 Å². The molecule has 5 heteroatoms. The highest BCUT2D eigenvalue weighted by Crippen LogP contribution is 2.38. The highest BCUT2D eigenvalue weighted by atomic mass is 79.9. The Morgan fingerprint density at radius 2 is 1.70 bits per heavy atom. The van der Waals surface area contributed by atoms with E-state index in [2.05, 4.69) is 80.5 Å². The van der Waals surface area contributed by atoms with Crippen molar-refractivity contribution in [2.75, 3.05) is 20.1 Å². The number of benzene rings is 2. The topological polar surface area (TPSA) is 32.3 Å². The van der Waals surface area contributed by atoms with Gasteiger partial charge in [0.05, 0.1) is 6.04 Å². The average molecular weight is 494 g/mol. The Bertz CT molecular complexity index is 768. The molecule has 0 aliphatic carbocycles. The molecule has 1 amide bonds. The number of rotatable bonds is 5. The van der Waals surface area contributed by atoms with E-state index in [1.54, 1.807) is 0 Å². The maximum Gasteiger partial charge on any atom is 0.223 e. The third-order valence-electron chi connectivity index (χ3n) is 5.78. The summed E-state index contributed by atoms with van der Waals surface area (Å²) in [5, 5.41) is 3.44. The van der Waals surface area contributed by atoms with Crippen LogP contribution in [0.25, 0.3) is 0 Å². The second-order valence-corrected chi connectivity index (χ2v) is 9.29. The molecule has 3 nitrogen and oxygen atoms in total. The molecule has 0 saturated carbocycles. The molecule has 1 N–H and O–H groups in total. The van der Waals surface area contributed by atoms with E-state index in [1.807, 2.05) is 24.1 Å². The van der Waals surface area contributed by atoms with E-state index in [0.29, 0.717) is 6.42 Å². The standard InChI is InChI=1S/C22H26Br2N2O/c1-16(17-12-19(23)14-20(24)13-17)26(2)21(27)15-22(8-10-25-11-9-22)18-6-4-3-5-7-18/h3-7,12-14,16,25H,8-11,15H2,1-2H3. The van der Waals surface area contributed by atoms with Crippen LogP contribution in [0.15, 0.2) is 57.5 Å². The quantitative estimate of drug-likeness (QED) is 0.601.